The summed E-state index contributed by atoms with van der Waals surface area (Å²) in [5.41, 5.74) is 16.5. The molecule has 0 saturated carbocycles. The molecule has 0 amide bonds. The number of benzene rings is 9. The standard InChI is InChI=1S/C54H38N2/c1-3-12-39(13-4-1)41-22-30-47(31-23-41)55(49-34-28-44(29-35-49)46-17-11-16-45(38-46)40-14-5-2-6-15-40)48-32-24-42(25-33-48)43-26-36-50(37-27-43)56-53-20-9-7-18-51(53)52-19-8-10-21-54(52)56/h1-38H. The molecule has 0 aliphatic rings. The van der Waals surface area contributed by atoms with Crippen LogP contribution in [0.15, 0.2) is 231 Å². The number of hydrogen-bond acceptors (Lipinski definition) is 1. The summed E-state index contributed by atoms with van der Waals surface area (Å²) in [5.74, 6) is 0. The van der Waals surface area contributed by atoms with Crippen LogP contribution in [0.3, 0.4) is 0 Å². The fraction of sp³-hybridized carbons (Fsp3) is 0. The van der Waals surface area contributed by atoms with Gasteiger partial charge in [0.25, 0.3) is 0 Å². The van der Waals surface area contributed by atoms with Crippen LogP contribution in [-0.2, 0) is 0 Å². The van der Waals surface area contributed by atoms with E-state index in [1.807, 2.05) is 0 Å². The van der Waals surface area contributed by atoms with E-state index in [0.29, 0.717) is 0 Å². The van der Waals surface area contributed by atoms with E-state index in [1.54, 1.807) is 0 Å². The molecule has 9 aromatic carbocycles. The van der Waals surface area contributed by atoms with Gasteiger partial charge in [0.05, 0.1) is 11.0 Å². The summed E-state index contributed by atoms with van der Waals surface area (Å²) in [7, 11) is 0. The minimum atomic E-state index is 1.10. The van der Waals surface area contributed by atoms with Crippen LogP contribution in [0.2, 0.25) is 0 Å². The molecule has 56 heavy (non-hydrogen) atoms. The zero-order valence-electron chi connectivity index (χ0n) is 30.8. The maximum absolute atomic E-state index is 2.36. The van der Waals surface area contributed by atoms with Gasteiger partial charge in [-0.15, -0.1) is 0 Å². The van der Waals surface area contributed by atoms with Crippen molar-refractivity contribution in [3.63, 3.8) is 0 Å². The summed E-state index contributed by atoms with van der Waals surface area (Å²) in [6, 6.07) is 82.9. The van der Waals surface area contributed by atoms with Gasteiger partial charge in [0, 0.05) is 33.5 Å². The van der Waals surface area contributed by atoms with E-state index in [1.165, 1.54) is 66.3 Å². The highest BCUT2D eigenvalue weighted by atomic mass is 15.1. The van der Waals surface area contributed by atoms with Crippen LogP contribution >= 0.6 is 0 Å². The van der Waals surface area contributed by atoms with E-state index < -0.39 is 0 Å². The second-order valence-electron chi connectivity index (χ2n) is 14.2. The molecular formula is C54H38N2. The van der Waals surface area contributed by atoms with Crippen LogP contribution in [0.5, 0.6) is 0 Å². The van der Waals surface area contributed by atoms with Crippen LogP contribution in [0.25, 0.3) is 72.0 Å². The average Bonchev–Trinajstić information content (AvgIpc) is 3.62. The largest absolute Gasteiger partial charge is 0.311 e. The molecule has 0 saturated heterocycles. The van der Waals surface area contributed by atoms with Gasteiger partial charge in [0.2, 0.25) is 0 Å². The first-order valence-corrected chi connectivity index (χ1v) is 19.2. The summed E-state index contributed by atoms with van der Waals surface area (Å²) in [6.45, 7) is 0. The number of aromatic nitrogens is 1. The van der Waals surface area contributed by atoms with Gasteiger partial charge in [-0.2, -0.15) is 0 Å². The number of rotatable bonds is 8. The molecule has 0 atom stereocenters. The van der Waals surface area contributed by atoms with Gasteiger partial charge < -0.3 is 9.47 Å². The molecule has 264 valence electrons. The van der Waals surface area contributed by atoms with E-state index in [-0.39, 0.29) is 0 Å². The van der Waals surface area contributed by atoms with Crippen LogP contribution in [0.4, 0.5) is 17.1 Å². The Kier molecular flexibility index (Phi) is 8.55. The first kappa shape index (κ1) is 33.2. The predicted molar refractivity (Wildman–Crippen MR) is 237 cm³/mol. The fourth-order valence-electron chi connectivity index (χ4n) is 8.00. The van der Waals surface area contributed by atoms with Crippen LogP contribution < -0.4 is 4.90 Å². The Morgan fingerprint density at radius 1 is 0.250 bits per heavy atom. The zero-order chi connectivity index (χ0) is 37.3. The minimum absolute atomic E-state index is 1.10. The Morgan fingerprint density at radius 2 is 0.571 bits per heavy atom. The summed E-state index contributed by atoms with van der Waals surface area (Å²) < 4.78 is 2.36. The average molecular weight is 715 g/mol. The third-order valence-electron chi connectivity index (χ3n) is 10.8. The first-order valence-electron chi connectivity index (χ1n) is 19.2. The molecule has 2 heteroatoms. The Labute approximate surface area is 327 Å². The molecule has 1 heterocycles. The second kappa shape index (κ2) is 14.4. The van der Waals surface area contributed by atoms with Gasteiger partial charge in [0.1, 0.15) is 0 Å². The zero-order valence-corrected chi connectivity index (χ0v) is 30.8. The van der Waals surface area contributed by atoms with E-state index >= 15 is 0 Å². The van der Waals surface area contributed by atoms with Gasteiger partial charge >= 0.3 is 0 Å². The summed E-state index contributed by atoms with van der Waals surface area (Å²) in [6.07, 6.45) is 0. The van der Waals surface area contributed by atoms with Crippen molar-refractivity contribution < 1.29 is 0 Å². The molecule has 10 rings (SSSR count). The molecule has 0 fully saturated rings. The molecule has 10 aromatic rings. The summed E-state index contributed by atoms with van der Waals surface area (Å²) >= 11 is 0. The molecule has 0 aliphatic heterocycles. The van der Waals surface area contributed by atoms with Crippen molar-refractivity contribution in [2.45, 2.75) is 0 Å². The van der Waals surface area contributed by atoms with E-state index in [9.17, 15) is 0 Å². The van der Waals surface area contributed by atoms with Crippen molar-refractivity contribution in [3.8, 4) is 50.2 Å². The van der Waals surface area contributed by atoms with Gasteiger partial charge in [-0.05, 0) is 111 Å². The van der Waals surface area contributed by atoms with Crippen LogP contribution in [-0.4, -0.2) is 4.57 Å². The highest BCUT2D eigenvalue weighted by Gasteiger charge is 2.15. The Hall–Kier alpha value is -7.42. The minimum Gasteiger partial charge on any atom is -0.311 e. The second-order valence-corrected chi connectivity index (χ2v) is 14.2. The smallest absolute Gasteiger partial charge is 0.0541 e. The normalized spacial score (nSPS) is 11.2. The van der Waals surface area contributed by atoms with Crippen molar-refractivity contribution in [1.29, 1.82) is 0 Å². The van der Waals surface area contributed by atoms with Crippen molar-refractivity contribution in [2.75, 3.05) is 4.90 Å². The van der Waals surface area contributed by atoms with Crippen molar-refractivity contribution in [3.05, 3.63) is 231 Å². The molecule has 0 bridgehead atoms. The lowest BCUT2D eigenvalue weighted by Gasteiger charge is -2.26. The third kappa shape index (κ3) is 6.24. The Bertz CT molecular complexity index is 2850. The third-order valence-corrected chi connectivity index (χ3v) is 10.8. The molecule has 0 radical (unpaired) electrons. The number of anilines is 3. The van der Waals surface area contributed by atoms with E-state index in [0.717, 1.165) is 22.7 Å². The molecule has 0 N–H and O–H groups in total. The number of fused-ring (bicyclic) bond motifs is 3. The lowest BCUT2D eigenvalue weighted by molar-refractivity contribution is 1.18. The van der Waals surface area contributed by atoms with Gasteiger partial charge in [-0.1, -0.05) is 164 Å². The summed E-state index contributed by atoms with van der Waals surface area (Å²) in [4.78, 5) is 2.34. The highest BCUT2D eigenvalue weighted by Crippen LogP contribution is 2.39. The molecule has 2 nitrogen and oxygen atoms in total. The Balaban J connectivity index is 0.980. The van der Waals surface area contributed by atoms with Crippen LogP contribution in [0, 0.1) is 0 Å². The van der Waals surface area contributed by atoms with Gasteiger partial charge in [-0.3, -0.25) is 0 Å². The van der Waals surface area contributed by atoms with E-state index in [4.69, 9.17) is 0 Å². The molecule has 0 aliphatic carbocycles. The number of nitrogens with zero attached hydrogens (tertiary/aromatic N) is 2. The number of hydrogen-bond donors (Lipinski definition) is 0. The van der Waals surface area contributed by atoms with E-state index in [2.05, 4.69) is 240 Å². The highest BCUT2D eigenvalue weighted by molar-refractivity contribution is 6.09. The lowest BCUT2D eigenvalue weighted by Crippen LogP contribution is -2.09. The first-order chi connectivity index (χ1) is 27.8. The van der Waals surface area contributed by atoms with Crippen molar-refractivity contribution in [1.82, 2.24) is 4.57 Å². The lowest BCUT2D eigenvalue weighted by atomic mass is 9.99. The SMILES string of the molecule is c1ccc(-c2ccc(N(c3ccc(-c4ccc(-n5c6ccccc6c6ccccc65)cc4)cc3)c3ccc(-c4cccc(-c5ccccc5)c4)cc3)cc2)cc1. The molecule has 0 unspecified atom stereocenters. The van der Waals surface area contributed by atoms with Crippen molar-refractivity contribution >= 4 is 38.9 Å². The fourth-order valence-corrected chi connectivity index (χ4v) is 8.00. The predicted octanol–water partition coefficient (Wildman–Crippen LogP) is 14.9. The monoisotopic (exact) mass is 714 g/mol. The quantitative estimate of drug-likeness (QED) is 0.152. The number of para-hydroxylation sites is 2. The van der Waals surface area contributed by atoms with Gasteiger partial charge in [-0.25, -0.2) is 0 Å². The van der Waals surface area contributed by atoms with Gasteiger partial charge in [0.15, 0.2) is 0 Å². The van der Waals surface area contributed by atoms with Crippen LogP contribution in [0.1, 0.15) is 0 Å². The molecule has 1 aromatic heterocycles. The Morgan fingerprint density at radius 3 is 1.02 bits per heavy atom. The molecule has 0 spiro atoms. The topological polar surface area (TPSA) is 8.17 Å². The maximum atomic E-state index is 2.36. The maximum Gasteiger partial charge on any atom is 0.0541 e. The summed E-state index contributed by atoms with van der Waals surface area (Å²) in [5, 5.41) is 2.54. The molecular weight excluding hydrogens is 677 g/mol. The van der Waals surface area contributed by atoms with Crippen molar-refractivity contribution in [2.24, 2.45) is 0 Å².